The van der Waals surface area contributed by atoms with Crippen LogP contribution in [0.1, 0.15) is 0 Å². The smallest absolute Gasteiger partial charge is 0.412 e. The van der Waals surface area contributed by atoms with Crippen LogP contribution in [0.25, 0.3) is 11.5 Å². The van der Waals surface area contributed by atoms with Gasteiger partial charge in [-0.3, -0.25) is 0 Å². The first kappa shape index (κ1) is 9.30. The highest BCUT2D eigenvalue weighted by Gasteiger charge is 2.12. The molecule has 0 saturated heterocycles. The first-order valence-electron chi connectivity index (χ1n) is 3.65. The highest BCUT2D eigenvalue weighted by Crippen LogP contribution is 2.33. The Bertz CT molecular complexity index is 470. The van der Waals surface area contributed by atoms with Crippen LogP contribution in [0.5, 0.6) is 6.08 Å². The molecule has 2 rings (SSSR count). The Labute approximate surface area is 89.1 Å². The second kappa shape index (κ2) is 3.48. The predicted molar refractivity (Wildman–Crippen MR) is 51.4 cm³/mol. The maximum absolute atomic E-state index is 8.86. The Balaban J connectivity index is 2.57. The van der Waals surface area contributed by atoms with E-state index < -0.39 is 6.08 Å². The van der Waals surface area contributed by atoms with E-state index in [2.05, 4.69) is 10.2 Å². The number of rotatable bonds is 1. The molecule has 1 aromatic carbocycles. The maximum Gasteiger partial charge on any atom is 0.412 e. The fourth-order valence-electron chi connectivity index (χ4n) is 0.993. The molecule has 2 aromatic rings. The summed E-state index contributed by atoms with van der Waals surface area (Å²) >= 11 is 11.7. The van der Waals surface area contributed by atoms with Crippen molar-refractivity contribution in [3.63, 3.8) is 0 Å². The van der Waals surface area contributed by atoms with Crippen LogP contribution < -0.4 is 0 Å². The first-order chi connectivity index (χ1) is 6.68. The first-order valence-corrected chi connectivity index (χ1v) is 4.41. The standard InChI is InChI=1S/C8H4Cl2N2O2/c9-5-3-1-2-4(6(5)10)7-11-12-8(13)14-7/h1-3H,(H,12,13). The van der Waals surface area contributed by atoms with E-state index in [-0.39, 0.29) is 5.89 Å². The molecular formula is C8H4Cl2N2O2. The van der Waals surface area contributed by atoms with Crippen LogP contribution in [0.15, 0.2) is 22.6 Å². The minimum atomic E-state index is -0.504. The summed E-state index contributed by atoms with van der Waals surface area (Å²) in [5.74, 6) is 0.134. The van der Waals surface area contributed by atoms with E-state index in [4.69, 9.17) is 32.7 Å². The van der Waals surface area contributed by atoms with Crippen molar-refractivity contribution in [1.29, 1.82) is 0 Å². The molecule has 0 radical (unpaired) electrons. The number of aromatic hydroxyl groups is 1. The lowest BCUT2D eigenvalue weighted by Crippen LogP contribution is -1.80. The molecule has 0 aliphatic rings. The topological polar surface area (TPSA) is 59.2 Å². The Morgan fingerprint density at radius 3 is 2.64 bits per heavy atom. The molecule has 0 fully saturated rings. The van der Waals surface area contributed by atoms with Gasteiger partial charge in [0.15, 0.2) is 0 Å². The van der Waals surface area contributed by atoms with Crippen LogP contribution in [0.4, 0.5) is 0 Å². The van der Waals surface area contributed by atoms with Crippen LogP contribution in [0.2, 0.25) is 10.0 Å². The van der Waals surface area contributed by atoms with E-state index in [0.29, 0.717) is 15.6 Å². The fraction of sp³-hybridized carbons (Fsp3) is 0. The van der Waals surface area contributed by atoms with Gasteiger partial charge in [0, 0.05) is 0 Å². The average molecular weight is 231 g/mol. The molecule has 0 atom stereocenters. The van der Waals surface area contributed by atoms with E-state index in [1.807, 2.05) is 0 Å². The molecule has 6 heteroatoms. The van der Waals surface area contributed by atoms with Gasteiger partial charge in [0.25, 0.3) is 5.89 Å². The van der Waals surface area contributed by atoms with Gasteiger partial charge in [-0.05, 0) is 12.1 Å². The molecular weight excluding hydrogens is 227 g/mol. The second-order valence-corrected chi connectivity index (χ2v) is 3.28. The van der Waals surface area contributed by atoms with Crippen molar-refractivity contribution in [1.82, 2.24) is 10.2 Å². The molecule has 0 bridgehead atoms. The largest absolute Gasteiger partial charge is 0.465 e. The highest BCUT2D eigenvalue weighted by molar-refractivity contribution is 6.43. The minimum absolute atomic E-state index is 0.134. The van der Waals surface area contributed by atoms with Gasteiger partial charge >= 0.3 is 6.08 Å². The van der Waals surface area contributed by atoms with Gasteiger partial charge in [-0.2, -0.15) is 0 Å². The molecule has 72 valence electrons. The molecule has 1 N–H and O–H groups in total. The van der Waals surface area contributed by atoms with Crippen molar-refractivity contribution in [2.24, 2.45) is 0 Å². The van der Waals surface area contributed by atoms with E-state index in [1.54, 1.807) is 18.2 Å². The number of halogens is 2. The van der Waals surface area contributed by atoms with Crippen LogP contribution in [-0.4, -0.2) is 15.3 Å². The van der Waals surface area contributed by atoms with Crippen LogP contribution in [-0.2, 0) is 0 Å². The lowest BCUT2D eigenvalue weighted by Gasteiger charge is -1.99. The van der Waals surface area contributed by atoms with Gasteiger partial charge in [-0.15, -0.1) is 5.10 Å². The van der Waals surface area contributed by atoms with E-state index in [0.717, 1.165) is 0 Å². The summed E-state index contributed by atoms with van der Waals surface area (Å²) in [6, 6.07) is 5.01. The van der Waals surface area contributed by atoms with Crippen molar-refractivity contribution in [2.45, 2.75) is 0 Å². The van der Waals surface area contributed by atoms with Gasteiger partial charge < -0.3 is 9.52 Å². The molecule has 0 aliphatic heterocycles. The second-order valence-electron chi connectivity index (χ2n) is 2.49. The molecule has 0 aliphatic carbocycles. The van der Waals surface area contributed by atoms with Crippen LogP contribution >= 0.6 is 23.2 Å². The van der Waals surface area contributed by atoms with E-state index in [9.17, 15) is 0 Å². The van der Waals surface area contributed by atoms with Crippen LogP contribution in [0.3, 0.4) is 0 Å². The molecule has 0 spiro atoms. The summed E-state index contributed by atoms with van der Waals surface area (Å²) in [4.78, 5) is 0. The lowest BCUT2D eigenvalue weighted by atomic mass is 10.2. The number of hydrogen-bond acceptors (Lipinski definition) is 4. The fourth-order valence-corrected chi connectivity index (χ4v) is 1.37. The number of benzene rings is 1. The predicted octanol–water partition coefficient (Wildman–Crippen LogP) is 2.75. The van der Waals surface area contributed by atoms with Crippen LogP contribution in [0, 0.1) is 0 Å². The van der Waals surface area contributed by atoms with E-state index in [1.165, 1.54) is 0 Å². The van der Waals surface area contributed by atoms with Gasteiger partial charge in [0.2, 0.25) is 0 Å². The van der Waals surface area contributed by atoms with Crippen molar-refractivity contribution >= 4 is 23.2 Å². The molecule has 0 amide bonds. The van der Waals surface area contributed by atoms with Crippen molar-refractivity contribution in [3.8, 4) is 17.5 Å². The monoisotopic (exact) mass is 230 g/mol. The molecule has 0 saturated carbocycles. The van der Waals surface area contributed by atoms with Crippen molar-refractivity contribution in [3.05, 3.63) is 28.2 Å². The zero-order valence-corrected chi connectivity index (χ0v) is 8.25. The SMILES string of the molecule is Oc1nnc(-c2cccc(Cl)c2Cl)o1. The number of hydrogen-bond donors (Lipinski definition) is 1. The molecule has 4 nitrogen and oxygen atoms in total. The molecule has 0 unspecified atom stereocenters. The summed E-state index contributed by atoms with van der Waals surface area (Å²) in [7, 11) is 0. The summed E-state index contributed by atoms with van der Waals surface area (Å²) in [6.45, 7) is 0. The Morgan fingerprint density at radius 1 is 1.21 bits per heavy atom. The van der Waals surface area contributed by atoms with Crippen molar-refractivity contribution < 1.29 is 9.52 Å². The third kappa shape index (κ3) is 1.54. The summed E-state index contributed by atoms with van der Waals surface area (Å²) in [5, 5.41) is 16.4. The lowest BCUT2D eigenvalue weighted by molar-refractivity contribution is 0.320. The summed E-state index contributed by atoms with van der Waals surface area (Å²) in [5.41, 5.74) is 0.493. The van der Waals surface area contributed by atoms with Gasteiger partial charge in [0.1, 0.15) is 0 Å². The Hall–Kier alpha value is -1.26. The zero-order chi connectivity index (χ0) is 10.1. The Morgan fingerprint density at radius 2 is 2.00 bits per heavy atom. The summed E-state index contributed by atoms with van der Waals surface area (Å²) in [6.07, 6.45) is -0.504. The third-order valence-electron chi connectivity index (χ3n) is 1.60. The van der Waals surface area contributed by atoms with Gasteiger partial charge in [-0.1, -0.05) is 34.4 Å². The molecule has 1 heterocycles. The van der Waals surface area contributed by atoms with Crippen molar-refractivity contribution in [2.75, 3.05) is 0 Å². The highest BCUT2D eigenvalue weighted by atomic mass is 35.5. The zero-order valence-electron chi connectivity index (χ0n) is 6.74. The van der Waals surface area contributed by atoms with Gasteiger partial charge in [-0.25, -0.2) is 0 Å². The van der Waals surface area contributed by atoms with Gasteiger partial charge in [0.05, 0.1) is 15.6 Å². The quantitative estimate of drug-likeness (QED) is 0.819. The number of aromatic nitrogens is 2. The average Bonchev–Trinajstić information content (AvgIpc) is 2.57. The third-order valence-corrected chi connectivity index (χ3v) is 2.42. The number of nitrogens with zero attached hydrogens (tertiary/aromatic N) is 2. The normalized spacial score (nSPS) is 10.4. The Kier molecular flexibility index (Phi) is 2.31. The maximum atomic E-state index is 8.86. The summed E-state index contributed by atoms with van der Waals surface area (Å²) < 4.78 is 4.80. The minimum Gasteiger partial charge on any atom is -0.465 e. The van der Waals surface area contributed by atoms with E-state index >= 15 is 0 Å². The molecule has 14 heavy (non-hydrogen) atoms. The molecule has 1 aromatic heterocycles.